The molecule has 4 rings (SSSR count). The lowest BCUT2D eigenvalue weighted by atomic mass is 9.55. The summed E-state index contributed by atoms with van der Waals surface area (Å²) in [6.45, 7) is 0. The van der Waals surface area contributed by atoms with E-state index in [0.717, 1.165) is 17.5 Å². The van der Waals surface area contributed by atoms with Crippen molar-refractivity contribution in [2.75, 3.05) is 0 Å². The van der Waals surface area contributed by atoms with Crippen LogP contribution >= 0.6 is 0 Å². The summed E-state index contributed by atoms with van der Waals surface area (Å²) in [6.07, 6.45) is 6.71. The van der Waals surface area contributed by atoms with Gasteiger partial charge >= 0.3 is 0 Å². The van der Waals surface area contributed by atoms with Crippen molar-refractivity contribution >= 4 is 5.71 Å². The fraction of sp³-hybridized carbons (Fsp3) is 0.900. The molecule has 4 aliphatic carbocycles. The first kappa shape index (κ1) is 6.85. The third kappa shape index (κ3) is 0.763. The maximum atomic E-state index is 8.89. The molecule has 4 aliphatic rings. The Morgan fingerprint density at radius 2 is 1.42 bits per heavy atom. The summed E-state index contributed by atoms with van der Waals surface area (Å²) >= 11 is 0. The smallest absolute Gasteiger partial charge is 0.274 e. The van der Waals surface area contributed by atoms with Gasteiger partial charge in [-0.2, -0.15) is 4.79 Å². The lowest BCUT2D eigenvalue weighted by Gasteiger charge is -2.46. The van der Waals surface area contributed by atoms with Crippen molar-refractivity contribution in [1.82, 2.24) is 0 Å². The molecule has 0 saturated heterocycles. The maximum Gasteiger partial charge on any atom is 0.274 e. The molecule has 0 heterocycles. The summed E-state index contributed by atoms with van der Waals surface area (Å²) in [6, 6.07) is 0. The first-order valence-corrected chi connectivity index (χ1v) is 5.08. The summed E-state index contributed by atoms with van der Waals surface area (Å²) in [4.78, 5) is 3.50. The number of hydrogen-bond acceptors (Lipinski definition) is 0. The lowest BCUT2D eigenvalue weighted by Crippen LogP contribution is -2.45. The quantitative estimate of drug-likeness (QED) is 0.386. The second-order valence-corrected chi connectivity index (χ2v) is 4.83. The molecule has 12 heavy (non-hydrogen) atoms. The van der Waals surface area contributed by atoms with Gasteiger partial charge in [-0.3, -0.25) is 0 Å². The minimum Gasteiger partial charge on any atom is -0.362 e. The predicted molar refractivity (Wildman–Crippen MR) is 45.7 cm³/mol. The molecule has 0 unspecified atom stereocenters. The van der Waals surface area contributed by atoms with Crippen LogP contribution in [0, 0.1) is 23.7 Å². The molecule has 4 bridgehead atoms. The molecule has 0 N–H and O–H groups in total. The SMILES string of the molecule is [N-]=[N+]=C1C2CC3CC(C2)CC1C3. The molecule has 0 aliphatic heterocycles. The molecule has 0 aromatic heterocycles. The molecule has 0 atom stereocenters. The highest BCUT2D eigenvalue weighted by Crippen LogP contribution is 2.51. The van der Waals surface area contributed by atoms with Crippen molar-refractivity contribution in [1.29, 1.82) is 0 Å². The molecular weight excluding hydrogens is 148 g/mol. The third-order valence-electron chi connectivity index (χ3n) is 4.09. The highest BCUT2D eigenvalue weighted by Gasteiger charge is 2.50. The van der Waals surface area contributed by atoms with E-state index in [2.05, 4.69) is 4.79 Å². The van der Waals surface area contributed by atoms with Crippen molar-refractivity contribution in [3.63, 3.8) is 0 Å². The summed E-state index contributed by atoms with van der Waals surface area (Å²) < 4.78 is 0. The van der Waals surface area contributed by atoms with Crippen LogP contribution in [-0.4, -0.2) is 10.5 Å². The monoisotopic (exact) mass is 162 g/mol. The molecule has 0 amide bonds. The van der Waals surface area contributed by atoms with E-state index in [1.807, 2.05) is 0 Å². The molecule has 0 radical (unpaired) electrons. The highest BCUT2D eigenvalue weighted by molar-refractivity contribution is 5.85. The number of hydrogen-bond donors (Lipinski definition) is 0. The van der Waals surface area contributed by atoms with Crippen molar-refractivity contribution < 1.29 is 4.79 Å². The lowest BCUT2D eigenvalue weighted by molar-refractivity contribution is -0.0472. The van der Waals surface area contributed by atoms with Gasteiger partial charge in [0.2, 0.25) is 0 Å². The zero-order valence-corrected chi connectivity index (χ0v) is 7.24. The van der Waals surface area contributed by atoms with Crippen LogP contribution in [0.2, 0.25) is 0 Å². The standard InChI is InChI=1S/C10H14N2/c11-12-10-8-2-6-1-7(4-8)5-9(10)3-6/h6-9H,1-5H2. The topological polar surface area (TPSA) is 36.4 Å². The van der Waals surface area contributed by atoms with E-state index in [1.54, 1.807) is 0 Å². The predicted octanol–water partition coefficient (Wildman–Crippen LogP) is 2.11. The van der Waals surface area contributed by atoms with Crippen LogP contribution in [0.5, 0.6) is 0 Å². The van der Waals surface area contributed by atoms with Gasteiger partial charge in [-0.1, -0.05) is 0 Å². The second-order valence-electron chi connectivity index (χ2n) is 4.83. The zero-order chi connectivity index (χ0) is 8.13. The normalized spacial score (nSPS) is 49.5. The van der Waals surface area contributed by atoms with Gasteiger partial charge in [-0.05, 0) is 43.9 Å². The molecule has 0 aromatic rings. The average molecular weight is 162 g/mol. The minimum atomic E-state index is 0.659. The molecule has 64 valence electrons. The zero-order valence-electron chi connectivity index (χ0n) is 7.24. The van der Waals surface area contributed by atoms with Gasteiger partial charge in [0.15, 0.2) is 0 Å². The van der Waals surface area contributed by atoms with Gasteiger partial charge in [-0.15, -0.1) is 0 Å². The van der Waals surface area contributed by atoms with Crippen LogP contribution in [0.3, 0.4) is 0 Å². The Kier molecular flexibility index (Phi) is 1.25. The second kappa shape index (κ2) is 2.20. The largest absolute Gasteiger partial charge is 0.362 e. The fourth-order valence-corrected chi connectivity index (χ4v) is 3.83. The average Bonchev–Trinajstić information content (AvgIpc) is 2.02. The Morgan fingerprint density at radius 3 is 1.83 bits per heavy atom. The van der Waals surface area contributed by atoms with Crippen LogP contribution in [0.25, 0.3) is 5.53 Å². The third-order valence-corrected chi connectivity index (χ3v) is 4.09. The Hall–Kier alpha value is -0.620. The van der Waals surface area contributed by atoms with E-state index in [9.17, 15) is 0 Å². The molecule has 4 fully saturated rings. The molecule has 0 aromatic carbocycles. The minimum absolute atomic E-state index is 0.659. The Balaban J connectivity index is 2.00. The molecule has 0 spiro atoms. The fourth-order valence-electron chi connectivity index (χ4n) is 3.83. The summed E-state index contributed by atoms with van der Waals surface area (Å²) in [5, 5.41) is 0. The Labute approximate surface area is 72.6 Å². The summed E-state index contributed by atoms with van der Waals surface area (Å²) in [7, 11) is 0. The van der Waals surface area contributed by atoms with Crippen LogP contribution in [0.15, 0.2) is 0 Å². The van der Waals surface area contributed by atoms with Gasteiger partial charge in [0.05, 0.1) is 11.8 Å². The van der Waals surface area contributed by atoms with E-state index < -0.39 is 0 Å². The number of rotatable bonds is 0. The molecule has 2 heteroatoms. The van der Waals surface area contributed by atoms with E-state index in [4.69, 9.17) is 5.53 Å². The van der Waals surface area contributed by atoms with Crippen LogP contribution < -0.4 is 0 Å². The molecule has 2 nitrogen and oxygen atoms in total. The first-order chi connectivity index (χ1) is 5.86. The maximum absolute atomic E-state index is 8.89. The van der Waals surface area contributed by atoms with E-state index in [-0.39, 0.29) is 0 Å². The van der Waals surface area contributed by atoms with Gasteiger partial charge in [-0.25, -0.2) is 0 Å². The van der Waals surface area contributed by atoms with Crippen molar-refractivity contribution in [3.8, 4) is 0 Å². The molecule has 4 saturated carbocycles. The summed E-state index contributed by atoms with van der Waals surface area (Å²) in [5.41, 5.74) is 10.0. The number of nitrogens with zero attached hydrogens (tertiary/aromatic N) is 2. The van der Waals surface area contributed by atoms with Crippen LogP contribution in [0.4, 0.5) is 0 Å². The highest BCUT2D eigenvalue weighted by atomic mass is 14.9. The van der Waals surface area contributed by atoms with Crippen molar-refractivity contribution in [2.24, 2.45) is 23.7 Å². The molecular formula is C10H14N2. The van der Waals surface area contributed by atoms with Crippen LogP contribution in [0.1, 0.15) is 32.1 Å². The van der Waals surface area contributed by atoms with Gasteiger partial charge in [0.25, 0.3) is 5.71 Å². The summed E-state index contributed by atoms with van der Waals surface area (Å²) in [5.74, 6) is 3.26. The van der Waals surface area contributed by atoms with Gasteiger partial charge in [0.1, 0.15) is 0 Å². The Morgan fingerprint density at radius 1 is 0.917 bits per heavy atom. The van der Waals surface area contributed by atoms with Gasteiger partial charge < -0.3 is 5.53 Å². The van der Waals surface area contributed by atoms with Gasteiger partial charge in [0, 0.05) is 0 Å². The van der Waals surface area contributed by atoms with E-state index >= 15 is 0 Å². The van der Waals surface area contributed by atoms with E-state index in [0.29, 0.717) is 11.8 Å². The van der Waals surface area contributed by atoms with Crippen molar-refractivity contribution in [2.45, 2.75) is 32.1 Å². The Bertz CT molecular complexity index is 233. The van der Waals surface area contributed by atoms with E-state index in [1.165, 1.54) is 32.1 Å². The first-order valence-electron chi connectivity index (χ1n) is 5.08. The van der Waals surface area contributed by atoms with Crippen molar-refractivity contribution in [3.05, 3.63) is 5.53 Å². The van der Waals surface area contributed by atoms with Crippen LogP contribution in [-0.2, 0) is 0 Å².